The second-order valence-corrected chi connectivity index (χ2v) is 7.32. The summed E-state index contributed by atoms with van der Waals surface area (Å²) in [6, 6.07) is 16.1. The number of benzene rings is 2. The average molecular weight is 398 g/mol. The Morgan fingerprint density at radius 1 is 1.13 bits per heavy atom. The number of imidazole rings is 1. The highest BCUT2D eigenvalue weighted by Crippen LogP contribution is 2.38. The van der Waals surface area contributed by atoms with Crippen molar-refractivity contribution in [2.45, 2.75) is 12.5 Å². The second-order valence-electron chi connectivity index (χ2n) is 7.32. The normalized spacial score (nSPS) is 16.7. The van der Waals surface area contributed by atoms with Gasteiger partial charge in [0.25, 0.3) is 0 Å². The van der Waals surface area contributed by atoms with E-state index in [-0.39, 0.29) is 6.04 Å². The third-order valence-corrected chi connectivity index (χ3v) is 5.61. The fourth-order valence-corrected chi connectivity index (χ4v) is 4.10. The average Bonchev–Trinajstić information content (AvgIpc) is 3.53. The molecule has 0 fully saturated rings. The Bertz CT molecular complexity index is 1270. The summed E-state index contributed by atoms with van der Waals surface area (Å²) in [6.07, 6.45) is 4.19. The van der Waals surface area contributed by atoms with Gasteiger partial charge in [-0.3, -0.25) is 0 Å². The van der Waals surface area contributed by atoms with Crippen molar-refractivity contribution >= 4 is 5.90 Å². The van der Waals surface area contributed by atoms with Crippen LogP contribution < -0.4 is 4.74 Å². The molecule has 0 saturated heterocycles. The molecule has 0 amide bonds. The Hall–Kier alpha value is -3.87. The number of fused-ring (bicyclic) bond motifs is 5. The van der Waals surface area contributed by atoms with E-state index in [9.17, 15) is 0 Å². The van der Waals surface area contributed by atoms with Crippen LogP contribution in [0, 0.1) is 0 Å². The number of nitrogens with zero attached hydrogens (tertiary/aromatic N) is 4. The molecule has 4 aromatic rings. The van der Waals surface area contributed by atoms with Gasteiger partial charge in [-0.1, -0.05) is 35.5 Å². The third kappa shape index (κ3) is 2.55. The summed E-state index contributed by atoms with van der Waals surface area (Å²) in [6.45, 7) is 0.512. The van der Waals surface area contributed by atoms with Crippen molar-refractivity contribution < 1.29 is 14.0 Å². The molecule has 2 aromatic heterocycles. The molecule has 0 aliphatic carbocycles. The molecule has 7 nitrogen and oxygen atoms in total. The fourth-order valence-electron chi connectivity index (χ4n) is 4.10. The Morgan fingerprint density at radius 2 is 2.03 bits per heavy atom. The fraction of sp³-hybridized carbons (Fsp3) is 0.174. The van der Waals surface area contributed by atoms with Crippen molar-refractivity contribution in [3.8, 4) is 22.8 Å². The minimum Gasteiger partial charge on any atom is -0.497 e. The van der Waals surface area contributed by atoms with E-state index in [1.54, 1.807) is 13.3 Å². The topological polar surface area (TPSA) is 74.7 Å². The predicted octanol–water partition coefficient (Wildman–Crippen LogP) is 3.96. The Kier molecular flexibility index (Phi) is 3.74. The number of aliphatic imine (C=N–C) groups is 1. The van der Waals surface area contributed by atoms with E-state index in [1.165, 1.54) is 0 Å². The van der Waals surface area contributed by atoms with Crippen LogP contribution in [0.2, 0.25) is 0 Å². The molecule has 4 heterocycles. The maximum Gasteiger partial charge on any atom is 0.238 e. The zero-order valence-electron chi connectivity index (χ0n) is 16.3. The summed E-state index contributed by atoms with van der Waals surface area (Å²) in [5, 5.41) is 4.03. The molecule has 148 valence electrons. The van der Waals surface area contributed by atoms with E-state index < -0.39 is 0 Å². The Morgan fingerprint density at radius 3 is 2.90 bits per heavy atom. The molecular weight excluding hydrogens is 380 g/mol. The van der Waals surface area contributed by atoms with Crippen LogP contribution in [-0.2, 0) is 11.2 Å². The summed E-state index contributed by atoms with van der Waals surface area (Å²) < 4.78 is 19.1. The number of aromatic nitrogens is 3. The standard InChI is InChI=1S/C23H18N4O3/c1-28-16-7-8-19-17(10-16)22-15(11-25-30-22)9-20-21(24-13-27(19)20)23-26-18(12-29-23)14-5-3-2-4-6-14/h2-8,10-11,13,18H,9,12H2,1H3/t18-/m0/s1. The van der Waals surface area contributed by atoms with E-state index in [2.05, 4.69) is 26.8 Å². The van der Waals surface area contributed by atoms with Crippen LogP contribution in [0.4, 0.5) is 0 Å². The molecule has 0 N–H and O–H groups in total. The number of methoxy groups -OCH3 is 1. The van der Waals surface area contributed by atoms with Crippen molar-refractivity contribution in [1.82, 2.24) is 14.7 Å². The maximum atomic E-state index is 5.98. The van der Waals surface area contributed by atoms with E-state index in [4.69, 9.17) is 19.0 Å². The van der Waals surface area contributed by atoms with E-state index in [1.807, 2.05) is 42.7 Å². The lowest BCUT2D eigenvalue weighted by atomic mass is 10.1. The van der Waals surface area contributed by atoms with Crippen LogP contribution in [0.3, 0.4) is 0 Å². The highest BCUT2D eigenvalue weighted by Gasteiger charge is 2.30. The largest absolute Gasteiger partial charge is 0.497 e. The molecular formula is C23H18N4O3. The van der Waals surface area contributed by atoms with Crippen LogP contribution in [0.15, 0.2) is 70.6 Å². The zero-order chi connectivity index (χ0) is 20.1. The van der Waals surface area contributed by atoms with Crippen molar-refractivity contribution in [3.63, 3.8) is 0 Å². The van der Waals surface area contributed by atoms with Crippen LogP contribution in [0.25, 0.3) is 17.0 Å². The first-order valence-corrected chi connectivity index (χ1v) is 9.76. The van der Waals surface area contributed by atoms with E-state index in [0.717, 1.165) is 45.3 Å². The van der Waals surface area contributed by atoms with Crippen molar-refractivity contribution in [2.24, 2.45) is 4.99 Å². The van der Waals surface area contributed by atoms with Gasteiger partial charge in [-0.15, -0.1) is 0 Å². The molecule has 0 radical (unpaired) electrons. The van der Waals surface area contributed by atoms with Gasteiger partial charge in [0.2, 0.25) is 5.90 Å². The molecule has 0 unspecified atom stereocenters. The van der Waals surface area contributed by atoms with E-state index in [0.29, 0.717) is 18.9 Å². The van der Waals surface area contributed by atoms with Gasteiger partial charge >= 0.3 is 0 Å². The molecule has 6 rings (SSSR count). The Labute approximate surface area is 172 Å². The summed E-state index contributed by atoms with van der Waals surface area (Å²) in [5.41, 5.74) is 5.75. The van der Waals surface area contributed by atoms with Gasteiger partial charge in [0.15, 0.2) is 5.76 Å². The summed E-state index contributed by atoms with van der Waals surface area (Å²) in [5.74, 6) is 2.08. The summed E-state index contributed by atoms with van der Waals surface area (Å²) in [4.78, 5) is 9.50. The van der Waals surface area contributed by atoms with Crippen molar-refractivity contribution in [3.05, 3.63) is 83.6 Å². The first-order chi connectivity index (χ1) is 14.8. The van der Waals surface area contributed by atoms with Crippen molar-refractivity contribution in [1.29, 1.82) is 0 Å². The van der Waals surface area contributed by atoms with Gasteiger partial charge in [-0.25, -0.2) is 9.98 Å². The van der Waals surface area contributed by atoms with E-state index >= 15 is 0 Å². The molecule has 2 aliphatic heterocycles. The molecule has 0 saturated carbocycles. The van der Waals surface area contributed by atoms with Gasteiger partial charge in [-0.05, 0) is 23.8 Å². The monoisotopic (exact) mass is 398 g/mol. The van der Waals surface area contributed by atoms with Crippen LogP contribution >= 0.6 is 0 Å². The van der Waals surface area contributed by atoms with Gasteiger partial charge in [0, 0.05) is 17.5 Å². The predicted molar refractivity (Wildman–Crippen MR) is 110 cm³/mol. The van der Waals surface area contributed by atoms with Gasteiger partial charge in [-0.2, -0.15) is 0 Å². The van der Waals surface area contributed by atoms with Crippen LogP contribution in [-0.4, -0.2) is 34.3 Å². The molecule has 0 spiro atoms. The van der Waals surface area contributed by atoms with Gasteiger partial charge < -0.3 is 18.6 Å². The number of ether oxygens (including phenoxy) is 2. The molecule has 7 heteroatoms. The minimum absolute atomic E-state index is 0.0213. The summed E-state index contributed by atoms with van der Waals surface area (Å²) in [7, 11) is 1.65. The van der Waals surface area contributed by atoms with Crippen molar-refractivity contribution in [2.75, 3.05) is 13.7 Å². The SMILES string of the molecule is COc1ccc2c(c1)-c1oncc1Cc1c(C3=N[C@H](c4ccccc4)CO3)ncn1-2. The quantitative estimate of drug-likeness (QED) is 0.460. The highest BCUT2D eigenvalue weighted by molar-refractivity contribution is 5.95. The lowest BCUT2D eigenvalue weighted by Crippen LogP contribution is -2.08. The molecule has 1 atom stereocenters. The molecule has 2 aliphatic rings. The van der Waals surface area contributed by atoms with Crippen LogP contribution in [0.5, 0.6) is 5.75 Å². The molecule has 0 bridgehead atoms. The smallest absolute Gasteiger partial charge is 0.238 e. The minimum atomic E-state index is -0.0213. The maximum absolute atomic E-state index is 5.98. The zero-order valence-corrected chi connectivity index (χ0v) is 16.3. The number of hydrogen-bond acceptors (Lipinski definition) is 6. The highest BCUT2D eigenvalue weighted by atomic mass is 16.5. The van der Waals surface area contributed by atoms with Gasteiger partial charge in [0.05, 0.1) is 24.7 Å². The Balaban J connectivity index is 1.48. The summed E-state index contributed by atoms with van der Waals surface area (Å²) >= 11 is 0. The molecule has 30 heavy (non-hydrogen) atoms. The second kappa shape index (κ2) is 6.59. The molecule has 2 aromatic carbocycles. The number of hydrogen-bond donors (Lipinski definition) is 0. The first-order valence-electron chi connectivity index (χ1n) is 9.76. The lowest BCUT2D eigenvalue weighted by Gasteiger charge is -2.10. The number of rotatable bonds is 3. The van der Waals surface area contributed by atoms with Crippen LogP contribution in [0.1, 0.15) is 28.6 Å². The lowest BCUT2D eigenvalue weighted by molar-refractivity contribution is 0.319. The van der Waals surface area contributed by atoms with Gasteiger partial charge in [0.1, 0.15) is 30.4 Å². The first kappa shape index (κ1) is 17.0. The third-order valence-electron chi connectivity index (χ3n) is 5.61.